The molecule has 0 atom stereocenters. The van der Waals surface area contributed by atoms with Crippen molar-refractivity contribution in [3.05, 3.63) is 40.4 Å². The van der Waals surface area contributed by atoms with Crippen molar-refractivity contribution in [2.75, 3.05) is 11.1 Å². The lowest BCUT2D eigenvalue weighted by Gasteiger charge is -2.02. The van der Waals surface area contributed by atoms with E-state index in [1.165, 1.54) is 11.3 Å². The Kier molecular flexibility index (Phi) is 4.98. The van der Waals surface area contributed by atoms with Crippen LogP contribution >= 0.6 is 34.7 Å². The highest BCUT2D eigenvalue weighted by Crippen LogP contribution is 2.16. The minimum absolute atomic E-state index is 0.0642. The van der Waals surface area contributed by atoms with Crippen LogP contribution in [0, 0.1) is 0 Å². The lowest BCUT2D eigenvalue weighted by atomic mass is 10.2. The Morgan fingerprint density at radius 2 is 2.17 bits per heavy atom. The fourth-order valence-electron chi connectivity index (χ4n) is 1.23. The van der Waals surface area contributed by atoms with E-state index in [-0.39, 0.29) is 5.91 Å². The minimum atomic E-state index is -0.0642. The van der Waals surface area contributed by atoms with Gasteiger partial charge in [0.05, 0.1) is 5.75 Å². The van der Waals surface area contributed by atoms with E-state index in [9.17, 15) is 4.79 Å². The number of benzene rings is 1. The summed E-state index contributed by atoms with van der Waals surface area (Å²) in [5.41, 5.74) is 2.73. The number of carbonyl (C=O) groups is 1. The lowest BCUT2D eigenvalue weighted by molar-refractivity contribution is -0.113. The number of nitrogens with zero attached hydrogens (tertiary/aromatic N) is 2. The standard InChI is InChI=1S/C11H10ClN3OS2/c12-9-3-1-8(2-4-9)5-17-6-10(16)14-11-15-13-7-18-11/h1-4,7H,5-6H2,(H,14,15,16). The van der Waals surface area contributed by atoms with Crippen molar-refractivity contribution in [1.29, 1.82) is 0 Å². The van der Waals surface area contributed by atoms with Crippen molar-refractivity contribution < 1.29 is 4.79 Å². The van der Waals surface area contributed by atoms with Crippen molar-refractivity contribution in [3.8, 4) is 0 Å². The maximum Gasteiger partial charge on any atom is 0.236 e. The zero-order valence-electron chi connectivity index (χ0n) is 9.30. The number of thioether (sulfide) groups is 1. The average Bonchev–Trinajstić information content (AvgIpc) is 2.84. The molecule has 0 radical (unpaired) electrons. The van der Waals surface area contributed by atoms with Crippen LogP contribution in [-0.4, -0.2) is 21.9 Å². The van der Waals surface area contributed by atoms with Gasteiger partial charge in [-0.15, -0.1) is 22.0 Å². The highest BCUT2D eigenvalue weighted by molar-refractivity contribution is 7.99. The van der Waals surface area contributed by atoms with Crippen LogP contribution in [0.25, 0.3) is 0 Å². The molecule has 1 aromatic carbocycles. The van der Waals surface area contributed by atoms with Crippen LogP contribution in [0.4, 0.5) is 5.13 Å². The van der Waals surface area contributed by atoms with Gasteiger partial charge in [0.1, 0.15) is 5.51 Å². The normalized spacial score (nSPS) is 10.3. The Balaban J connectivity index is 1.72. The first-order valence-electron chi connectivity index (χ1n) is 5.12. The Morgan fingerprint density at radius 3 is 2.83 bits per heavy atom. The molecule has 0 fully saturated rings. The zero-order chi connectivity index (χ0) is 12.8. The van der Waals surface area contributed by atoms with E-state index in [1.807, 2.05) is 24.3 Å². The molecule has 0 aliphatic carbocycles. The monoisotopic (exact) mass is 299 g/mol. The largest absolute Gasteiger partial charge is 0.300 e. The highest BCUT2D eigenvalue weighted by Gasteiger charge is 2.04. The number of hydrogen-bond donors (Lipinski definition) is 1. The molecule has 1 heterocycles. The van der Waals surface area contributed by atoms with E-state index < -0.39 is 0 Å². The van der Waals surface area contributed by atoms with Crippen molar-refractivity contribution in [2.24, 2.45) is 0 Å². The fraction of sp³-hybridized carbons (Fsp3) is 0.182. The van der Waals surface area contributed by atoms with Crippen LogP contribution in [-0.2, 0) is 10.5 Å². The van der Waals surface area contributed by atoms with Gasteiger partial charge >= 0.3 is 0 Å². The van der Waals surface area contributed by atoms with Gasteiger partial charge in [0.15, 0.2) is 0 Å². The van der Waals surface area contributed by atoms with Crippen LogP contribution in [0.5, 0.6) is 0 Å². The van der Waals surface area contributed by atoms with Gasteiger partial charge in [0, 0.05) is 10.8 Å². The Bertz CT molecular complexity index is 502. The maximum atomic E-state index is 11.5. The predicted molar refractivity (Wildman–Crippen MR) is 76.2 cm³/mol. The first kappa shape index (κ1) is 13.3. The van der Waals surface area contributed by atoms with Gasteiger partial charge in [0.25, 0.3) is 0 Å². The lowest BCUT2D eigenvalue weighted by Crippen LogP contribution is -2.13. The van der Waals surface area contributed by atoms with Gasteiger partial charge in [-0.2, -0.15) is 0 Å². The second-order valence-corrected chi connectivity index (χ2v) is 5.67. The second kappa shape index (κ2) is 6.72. The molecule has 0 spiro atoms. The third-order valence-corrected chi connectivity index (χ3v) is 3.88. The molecule has 0 bridgehead atoms. The molecule has 94 valence electrons. The van der Waals surface area contributed by atoms with E-state index >= 15 is 0 Å². The average molecular weight is 300 g/mol. The van der Waals surface area contributed by atoms with Crippen LogP contribution in [0.2, 0.25) is 5.02 Å². The summed E-state index contributed by atoms with van der Waals surface area (Å²) in [6.45, 7) is 0. The molecule has 0 aliphatic heterocycles. The molecule has 4 nitrogen and oxygen atoms in total. The summed E-state index contributed by atoms with van der Waals surface area (Å²) in [7, 11) is 0. The highest BCUT2D eigenvalue weighted by atomic mass is 35.5. The summed E-state index contributed by atoms with van der Waals surface area (Å²) < 4.78 is 0. The van der Waals surface area contributed by atoms with Gasteiger partial charge in [-0.25, -0.2) is 0 Å². The number of carbonyl (C=O) groups excluding carboxylic acids is 1. The summed E-state index contributed by atoms with van der Waals surface area (Å²) in [4.78, 5) is 11.5. The van der Waals surface area contributed by atoms with Gasteiger partial charge in [-0.05, 0) is 17.7 Å². The third kappa shape index (κ3) is 4.29. The van der Waals surface area contributed by atoms with Crippen LogP contribution in [0.3, 0.4) is 0 Å². The Morgan fingerprint density at radius 1 is 1.39 bits per heavy atom. The number of nitrogens with one attached hydrogen (secondary N) is 1. The Labute approximate surface area is 118 Å². The molecular formula is C11H10ClN3OS2. The van der Waals surface area contributed by atoms with Gasteiger partial charge in [-0.3, -0.25) is 10.1 Å². The molecule has 0 aliphatic rings. The second-order valence-electron chi connectivity index (χ2n) is 3.41. The predicted octanol–water partition coefficient (Wildman–Crippen LogP) is 3.06. The molecular weight excluding hydrogens is 290 g/mol. The van der Waals surface area contributed by atoms with E-state index in [0.717, 1.165) is 16.3 Å². The molecule has 2 rings (SSSR count). The van der Waals surface area contributed by atoms with E-state index in [1.54, 1.807) is 17.3 Å². The molecule has 1 amide bonds. The molecule has 2 aromatic rings. The van der Waals surface area contributed by atoms with Crippen molar-refractivity contribution in [2.45, 2.75) is 5.75 Å². The first-order chi connectivity index (χ1) is 8.74. The van der Waals surface area contributed by atoms with Crippen molar-refractivity contribution >= 4 is 45.7 Å². The summed E-state index contributed by atoms with van der Waals surface area (Å²) in [5, 5.41) is 11.3. The number of hydrogen-bond acceptors (Lipinski definition) is 5. The first-order valence-corrected chi connectivity index (χ1v) is 7.53. The number of rotatable bonds is 5. The van der Waals surface area contributed by atoms with Crippen LogP contribution in [0.1, 0.15) is 5.56 Å². The van der Waals surface area contributed by atoms with E-state index in [0.29, 0.717) is 10.9 Å². The van der Waals surface area contributed by atoms with Crippen molar-refractivity contribution in [3.63, 3.8) is 0 Å². The smallest absolute Gasteiger partial charge is 0.236 e. The summed E-state index contributed by atoms with van der Waals surface area (Å²) in [6, 6.07) is 7.60. The van der Waals surface area contributed by atoms with E-state index in [2.05, 4.69) is 15.5 Å². The molecule has 1 N–H and O–H groups in total. The summed E-state index contributed by atoms with van der Waals surface area (Å²) >= 11 is 8.64. The van der Waals surface area contributed by atoms with Gasteiger partial charge in [0.2, 0.25) is 11.0 Å². The third-order valence-electron chi connectivity index (χ3n) is 2.02. The summed E-state index contributed by atoms with van der Waals surface area (Å²) in [5.74, 6) is 1.11. The quantitative estimate of drug-likeness (QED) is 0.922. The van der Waals surface area contributed by atoms with Crippen molar-refractivity contribution in [1.82, 2.24) is 10.2 Å². The van der Waals surface area contributed by atoms with Gasteiger partial charge < -0.3 is 0 Å². The van der Waals surface area contributed by atoms with Gasteiger partial charge in [-0.1, -0.05) is 35.1 Å². The molecule has 0 unspecified atom stereocenters. The molecule has 18 heavy (non-hydrogen) atoms. The SMILES string of the molecule is O=C(CSCc1ccc(Cl)cc1)Nc1nncs1. The number of anilines is 1. The molecule has 0 saturated carbocycles. The zero-order valence-corrected chi connectivity index (χ0v) is 11.7. The minimum Gasteiger partial charge on any atom is -0.300 e. The molecule has 7 heteroatoms. The molecule has 1 aromatic heterocycles. The number of aromatic nitrogens is 2. The van der Waals surface area contributed by atoms with Crippen LogP contribution < -0.4 is 5.32 Å². The fourth-order valence-corrected chi connectivity index (χ4v) is 2.60. The molecule has 0 saturated heterocycles. The topological polar surface area (TPSA) is 54.9 Å². The van der Waals surface area contributed by atoms with E-state index in [4.69, 9.17) is 11.6 Å². The maximum absolute atomic E-state index is 11.5. The Hall–Kier alpha value is -1.11. The number of halogens is 1. The van der Waals surface area contributed by atoms with Crippen LogP contribution in [0.15, 0.2) is 29.8 Å². The number of amides is 1. The summed E-state index contributed by atoms with van der Waals surface area (Å²) in [6.07, 6.45) is 0.